The van der Waals surface area contributed by atoms with Crippen LogP contribution in [0.25, 0.3) is 0 Å². The van der Waals surface area contributed by atoms with Crippen molar-refractivity contribution in [3.8, 4) is 5.75 Å². The Bertz CT molecular complexity index is 732. The van der Waals surface area contributed by atoms with Gasteiger partial charge in [-0.15, -0.1) is 0 Å². The third kappa shape index (κ3) is 4.75. The number of nitro benzene ring substituents is 1. The summed E-state index contributed by atoms with van der Waals surface area (Å²) in [5.74, 6) is -1.01. The van der Waals surface area contributed by atoms with E-state index in [1.165, 1.54) is 18.2 Å². The predicted octanol–water partition coefficient (Wildman–Crippen LogP) is 1.39. The maximum Gasteiger partial charge on any atom is 0.534 e. The second kappa shape index (κ2) is 8.55. The summed E-state index contributed by atoms with van der Waals surface area (Å²) in [6.07, 6.45) is -1.45. The summed E-state index contributed by atoms with van der Waals surface area (Å²) in [6.45, 7) is 3.36. The standard InChI is InChI=1S/C15H15N3O8/c1-16-6-7-24-11-2-3-12(18(22)23)10(8-11)9-25-15(21)26-17-13(19)4-5-14(17)20/h2-3,8H,1,4-7,9H2. The first-order chi connectivity index (χ1) is 12.4. The second-order valence-electron chi connectivity index (χ2n) is 5.06. The molecular formula is C15H15N3O8. The number of benzene rings is 1. The van der Waals surface area contributed by atoms with Crippen molar-refractivity contribution in [1.29, 1.82) is 0 Å². The van der Waals surface area contributed by atoms with Crippen LogP contribution in [-0.4, -0.2) is 47.8 Å². The van der Waals surface area contributed by atoms with E-state index in [9.17, 15) is 24.5 Å². The Kier molecular flexibility index (Phi) is 6.20. The summed E-state index contributed by atoms with van der Waals surface area (Å²) in [6, 6.07) is 3.93. The first kappa shape index (κ1) is 18.8. The lowest BCUT2D eigenvalue weighted by Crippen LogP contribution is -2.32. The lowest BCUT2D eigenvalue weighted by atomic mass is 10.2. The third-order valence-electron chi connectivity index (χ3n) is 3.28. The zero-order valence-corrected chi connectivity index (χ0v) is 13.6. The van der Waals surface area contributed by atoms with Crippen LogP contribution in [0.4, 0.5) is 10.5 Å². The maximum atomic E-state index is 11.6. The van der Waals surface area contributed by atoms with Crippen molar-refractivity contribution in [3.63, 3.8) is 0 Å². The van der Waals surface area contributed by atoms with Crippen LogP contribution >= 0.6 is 0 Å². The number of imide groups is 1. The minimum Gasteiger partial charge on any atom is -0.492 e. The van der Waals surface area contributed by atoms with Gasteiger partial charge in [0.2, 0.25) is 0 Å². The third-order valence-corrected chi connectivity index (χ3v) is 3.28. The van der Waals surface area contributed by atoms with Crippen LogP contribution < -0.4 is 4.74 Å². The number of amides is 2. The van der Waals surface area contributed by atoms with Gasteiger partial charge in [-0.1, -0.05) is 5.06 Å². The highest BCUT2D eigenvalue weighted by atomic mass is 16.8. The highest BCUT2D eigenvalue weighted by Gasteiger charge is 2.33. The Morgan fingerprint density at radius 1 is 1.31 bits per heavy atom. The molecule has 11 nitrogen and oxygen atoms in total. The normalized spacial score (nSPS) is 13.5. The van der Waals surface area contributed by atoms with Crippen molar-refractivity contribution in [1.82, 2.24) is 5.06 Å². The minimum absolute atomic E-state index is 0.0510. The summed E-state index contributed by atoms with van der Waals surface area (Å²) in [5, 5.41) is 11.4. The van der Waals surface area contributed by atoms with Gasteiger partial charge in [0.1, 0.15) is 19.0 Å². The van der Waals surface area contributed by atoms with Gasteiger partial charge in [-0.05, 0) is 18.9 Å². The number of carbonyl (C=O) groups excluding carboxylic acids is 3. The SMILES string of the molecule is C=NCCOc1ccc([N+](=O)[O-])c(COC(=O)ON2C(=O)CCC2=O)c1. The van der Waals surface area contributed by atoms with Gasteiger partial charge in [-0.25, -0.2) is 4.79 Å². The van der Waals surface area contributed by atoms with Crippen molar-refractivity contribution >= 4 is 30.4 Å². The van der Waals surface area contributed by atoms with Crippen LogP contribution in [0.5, 0.6) is 5.75 Å². The van der Waals surface area contributed by atoms with Crippen molar-refractivity contribution < 1.29 is 33.6 Å². The fraction of sp³-hybridized carbons (Fsp3) is 0.333. The molecule has 0 atom stereocenters. The molecule has 0 unspecified atom stereocenters. The molecule has 1 saturated heterocycles. The number of rotatable bonds is 8. The number of hydrogen-bond donors (Lipinski definition) is 0. The van der Waals surface area contributed by atoms with Crippen LogP contribution in [0.3, 0.4) is 0 Å². The van der Waals surface area contributed by atoms with Crippen LogP contribution in [0.15, 0.2) is 23.2 Å². The first-order valence-electron chi connectivity index (χ1n) is 7.45. The van der Waals surface area contributed by atoms with Crippen molar-refractivity contribution in [2.45, 2.75) is 19.4 Å². The monoisotopic (exact) mass is 365 g/mol. The van der Waals surface area contributed by atoms with Crippen LogP contribution in [-0.2, 0) is 25.8 Å². The molecule has 1 fully saturated rings. The summed E-state index contributed by atoms with van der Waals surface area (Å²) >= 11 is 0. The smallest absolute Gasteiger partial charge is 0.492 e. The zero-order valence-electron chi connectivity index (χ0n) is 13.6. The lowest BCUT2D eigenvalue weighted by molar-refractivity contribution is -0.385. The topological polar surface area (TPSA) is 138 Å². The van der Waals surface area contributed by atoms with Crippen LogP contribution in [0.1, 0.15) is 18.4 Å². The molecule has 1 aliphatic rings. The van der Waals surface area contributed by atoms with Gasteiger partial charge in [0.25, 0.3) is 17.5 Å². The Labute approximate surface area is 147 Å². The molecule has 0 aromatic heterocycles. The average Bonchev–Trinajstić information content (AvgIpc) is 2.92. The van der Waals surface area contributed by atoms with E-state index in [0.29, 0.717) is 17.4 Å². The Hall–Kier alpha value is -3.50. The summed E-state index contributed by atoms with van der Waals surface area (Å²) in [5.41, 5.74) is -0.240. The first-order valence-corrected chi connectivity index (χ1v) is 7.45. The number of carbonyl (C=O) groups is 3. The average molecular weight is 365 g/mol. The van der Waals surface area contributed by atoms with Gasteiger partial charge >= 0.3 is 6.16 Å². The molecule has 1 aliphatic heterocycles. The van der Waals surface area contributed by atoms with E-state index >= 15 is 0 Å². The molecule has 2 rings (SSSR count). The summed E-state index contributed by atoms with van der Waals surface area (Å²) in [7, 11) is 0. The summed E-state index contributed by atoms with van der Waals surface area (Å²) < 4.78 is 10.1. The minimum atomic E-state index is -1.33. The Balaban J connectivity index is 2.01. The van der Waals surface area contributed by atoms with E-state index in [2.05, 4.69) is 16.5 Å². The molecular weight excluding hydrogens is 350 g/mol. The molecule has 1 aromatic carbocycles. The zero-order chi connectivity index (χ0) is 19.1. The second-order valence-corrected chi connectivity index (χ2v) is 5.06. The number of hydroxylamine groups is 2. The molecule has 0 spiro atoms. The quantitative estimate of drug-likeness (QED) is 0.168. The fourth-order valence-electron chi connectivity index (χ4n) is 2.07. The van der Waals surface area contributed by atoms with Gasteiger partial charge < -0.3 is 9.47 Å². The molecule has 0 radical (unpaired) electrons. The highest BCUT2D eigenvalue weighted by Crippen LogP contribution is 2.25. The largest absolute Gasteiger partial charge is 0.534 e. The van der Waals surface area contributed by atoms with Crippen molar-refractivity contribution in [2.75, 3.05) is 13.2 Å². The number of nitro groups is 1. The van der Waals surface area contributed by atoms with Crippen LogP contribution in [0.2, 0.25) is 0 Å². The van der Waals surface area contributed by atoms with E-state index in [1.54, 1.807) is 0 Å². The molecule has 2 amide bonds. The van der Waals surface area contributed by atoms with Gasteiger partial charge in [0.15, 0.2) is 0 Å². The van der Waals surface area contributed by atoms with Gasteiger partial charge in [-0.2, -0.15) is 0 Å². The molecule has 1 aromatic rings. The molecule has 0 aliphatic carbocycles. The molecule has 0 saturated carbocycles. The fourth-order valence-corrected chi connectivity index (χ4v) is 2.07. The van der Waals surface area contributed by atoms with Gasteiger partial charge in [0, 0.05) is 18.9 Å². The van der Waals surface area contributed by atoms with E-state index in [1.807, 2.05) is 0 Å². The van der Waals surface area contributed by atoms with E-state index < -0.39 is 29.5 Å². The van der Waals surface area contributed by atoms with E-state index in [0.717, 1.165) is 0 Å². The lowest BCUT2D eigenvalue weighted by Gasteiger charge is -2.13. The van der Waals surface area contributed by atoms with Crippen LogP contribution in [0, 0.1) is 10.1 Å². The molecule has 11 heteroatoms. The Morgan fingerprint density at radius 2 is 2.00 bits per heavy atom. The maximum absolute atomic E-state index is 11.6. The number of nitrogens with zero attached hydrogens (tertiary/aromatic N) is 3. The van der Waals surface area contributed by atoms with Crippen molar-refractivity contribution in [2.24, 2.45) is 4.99 Å². The number of aliphatic imine (C=N–C) groups is 1. The molecule has 138 valence electrons. The van der Waals surface area contributed by atoms with Gasteiger partial charge in [0.05, 0.1) is 17.0 Å². The number of hydrogen-bond acceptors (Lipinski definition) is 9. The molecule has 1 heterocycles. The predicted molar refractivity (Wildman–Crippen MR) is 85.4 cm³/mol. The molecule has 26 heavy (non-hydrogen) atoms. The molecule has 0 N–H and O–H groups in total. The van der Waals surface area contributed by atoms with E-state index in [4.69, 9.17) is 9.47 Å². The Morgan fingerprint density at radius 3 is 2.62 bits per heavy atom. The molecule has 0 bridgehead atoms. The van der Waals surface area contributed by atoms with Crippen molar-refractivity contribution in [3.05, 3.63) is 33.9 Å². The number of ether oxygens (including phenoxy) is 2. The van der Waals surface area contributed by atoms with Gasteiger partial charge in [-0.3, -0.25) is 29.5 Å². The van der Waals surface area contributed by atoms with E-state index in [-0.39, 0.29) is 30.7 Å². The summed E-state index contributed by atoms with van der Waals surface area (Å²) in [4.78, 5) is 52.9. The highest BCUT2D eigenvalue weighted by molar-refractivity contribution is 6.01.